The number of nitrogens with one attached hydrogen (secondary N) is 1. The Morgan fingerprint density at radius 1 is 0.750 bits per heavy atom. The van der Waals surface area contributed by atoms with Crippen molar-refractivity contribution in [2.45, 2.75) is 0 Å². The molecule has 0 spiro atoms. The monoisotopic (exact) mass is 315 g/mol. The van der Waals surface area contributed by atoms with Crippen molar-refractivity contribution in [1.82, 2.24) is 4.98 Å². The maximum absolute atomic E-state index is 5.91. The fourth-order valence-electron chi connectivity index (χ4n) is 2.76. The van der Waals surface area contributed by atoms with Gasteiger partial charge in [-0.05, 0) is 42.5 Å². The Hall–Kier alpha value is -3.20. The summed E-state index contributed by atoms with van der Waals surface area (Å²) in [5, 5.41) is 1.19. The van der Waals surface area contributed by atoms with Gasteiger partial charge in [0.15, 0.2) is 11.5 Å². The summed E-state index contributed by atoms with van der Waals surface area (Å²) < 4.78 is 11.4. The first-order valence-corrected chi connectivity index (χ1v) is 7.82. The second-order valence-corrected chi connectivity index (χ2v) is 5.55. The number of aromatic nitrogens is 1. The number of aromatic amines is 1. The number of hydrogen-bond donors (Lipinski definition) is 1. The third-order valence-electron chi connectivity index (χ3n) is 3.98. The van der Waals surface area contributed by atoms with Crippen LogP contribution in [0.5, 0.6) is 17.2 Å². The highest BCUT2D eigenvalue weighted by atomic mass is 16.5. The summed E-state index contributed by atoms with van der Waals surface area (Å²) in [4.78, 5) is 3.44. The van der Waals surface area contributed by atoms with Gasteiger partial charge in [0.2, 0.25) is 0 Å². The number of ether oxygens (including phenoxy) is 2. The normalized spacial score (nSPS) is 10.7. The lowest BCUT2D eigenvalue weighted by Crippen LogP contribution is -1.91. The predicted octanol–water partition coefficient (Wildman–Crippen LogP) is 5.64. The molecule has 24 heavy (non-hydrogen) atoms. The van der Waals surface area contributed by atoms with E-state index in [0.29, 0.717) is 11.5 Å². The molecule has 4 aromatic rings. The fraction of sp³-hybridized carbons (Fsp3) is 0.0476. The molecule has 0 aliphatic carbocycles. The molecule has 0 unspecified atom stereocenters. The van der Waals surface area contributed by atoms with E-state index in [1.807, 2.05) is 60.7 Å². The molecule has 0 aliphatic heterocycles. The minimum Gasteiger partial charge on any atom is -0.493 e. The van der Waals surface area contributed by atoms with E-state index in [1.54, 1.807) is 7.11 Å². The summed E-state index contributed by atoms with van der Waals surface area (Å²) in [6, 6.07) is 26.0. The van der Waals surface area contributed by atoms with Crippen molar-refractivity contribution in [2.24, 2.45) is 0 Å². The van der Waals surface area contributed by atoms with Crippen LogP contribution in [0.15, 0.2) is 78.9 Å². The average molecular weight is 315 g/mol. The zero-order chi connectivity index (χ0) is 16.4. The van der Waals surface area contributed by atoms with Crippen LogP contribution in [-0.4, -0.2) is 12.1 Å². The zero-order valence-corrected chi connectivity index (χ0v) is 13.3. The van der Waals surface area contributed by atoms with E-state index in [9.17, 15) is 0 Å². The van der Waals surface area contributed by atoms with E-state index in [0.717, 1.165) is 22.5 Å². The number of fused-ring (bicyclic) bond motifs is 1. The Kier molecular flexibility index (Phi) is 3.67. The second-order valence-electron chi connectivity index (χ2n) is 5.55. The summed E-state index contributed by atoms with van der Waals surface area (Å²) in [6.45, 7) is 0. The van der Waals surface area contributed by atoms with Gasteiger partial charge in [-0.1, -0.05) is 36.4 Å². The maximum atomic E-state index is 5.91. The molecule has 1 heterocycles. The van der Waals surface area contributed by atoms with Crippen LogP contribution < -0.4 is 9.47 Å². The topological polar surface area (TPSA) is 34.2 Å². The van der Waals surface area contributed by atoms with Crippen LogP contribution in [0.4, 0.5) is 0 Å². The van der Waals surface area contributed by atoms with Crippen molar-refractivity contribution in [1.29, 1.82) is 0 Å². The average Bonchev–Trinajstić information content (AvgIpc) is 3.07. The molecular formula is C21H17NO2. The largest absolute Gasteiger partial charge is 0.493 e. The van der Waals surface area contributed by atoms with Gasteiger partial charge < -0.3 is 14.5 Å². The van der Waals surface area contributed by atoms with E-state index in [-0.39, 0.29) is 0 Å². The molecule has 3 nitrogen and oxygen atoms in total. The van der Waals surface area contributed by atoms with Crippen LogP contribution in [0.2, 0.25) is 0 Å². The molecule has 4 rings (SSSR count). The summed E-state index contributed by atoms with van der Waals surface area (Å²) in [5.74, 6) is 2.19. The highest BCUT2D eigenvalue weighted by Crippen LogP contribution is 2.35. The van der Waals surface area contributed by atoms with Gasteiger partial charge >= 0.3 is 0 Å². The molecule has 0 saturated heterocycles. The third-order valence-corrected chi connectivity index (χ3v) is 3.98. The summed E-state index contributed by atoms with van der Waals surface area (Å²) in [5.41, 5.74) is 3.24. The van der Waals surface area contributed by atoms with Crippen molar-refractivity contribution >= 4 is 10.9 Å². The molecule has 118 valence electrons. The molecule has 0 saturated carbocycles. The van der Waals surface area contributed by atoms with Gasteiger partial charge in [0.1, 0.15) is 5.75 Å². The Morgan fingerprint density at radius 2 is 1.54 bits per heavy atom. The van der Waals surface area contributed by atoms with Gasteiger partial charge in [-0.15, -0.1) is 0 Å². The minimum atomic E-state index is 0.698. The standard InChI is InChI=1S/C21H17NO2/c1-23-21-14-16(19-13-15-7-5-6-10-18(15)22-19)11-12-20(21)24-17-8-3-2-4-9-17/h2-14,22H,1H3. The molecule has 1 N–H and O–H groups in total. The Labute approximate surface area is 140 Å². The Morgan fingerprint density at radius 3 is 2.33 bits per heavy atom. The SMILES string of the molecule is COc1cc(-c2cc3ccccc3[nH]2)ccc1Oc1ccccc1. The highest BCUT2D eigenvalue weighted by molar-refractivity contribution is 5.86. The minimum absolute atomic E-state index is 0.698. The van der Waals surface area contributed by atoms with Crippen LogP contribution in [0.1, 0.15) is 0 Å². The smallest absolute Gasteiger partial charge is 0.169 e. The van der Waals surface area contributed by atoms with Gasteiger partial charge in [-0.3, -0.25) is 0 Å². The van der Waals surface area contributed by atoms with Crippen LogP contribution >= 0.6 is 0 Å². The van der Waals surface area contributed by atoms with Gasteiger partial charge in [-0.2, -0.15) is 0 Å². The zero-order valence-electron chi connectivity index (χ0n) is 13.3. The van der Waals surface area contributed by atoms with Crippen LogP contribution in [-0.2, 0) is 0 Å². The highest BCUT2D eigenvalue weighted by Gasteiger charge is 2.10. The van der Waals surface area contributed by atoms with Gasteiger partial charge in [0, 0.05) is 22.2 Å². The lowest BCUT2D eigenvalue weighted by atomic mass is 10.1. The van der Waals surface area contributed by atoms with E-state index in [2.05, 4.69) is 23.2 Å². The van der Waals surface area contributed by atoms with Crippen molar-refractivity contribution in [3.05, 3.63) is 78.9 Å². The number of para-hydroxylation sites is 2. The van der Waals surface area contributed by atoms with E-state index in [4.69, 9.17) is 9.47 Å². The van der Waals surface area contributed by atoms with Crippen molar-refractivity contribution in [2.75, 3.05) is 7.11 Å². The fourth-order valence-corrected chi connectivity index (χ4v) is 2.76. The van der Waals surface area contributed by atoms with Crippen molar-refractivity contribution < 1.29 is 9.47 Å². The molecular weight excluding hydrogens is 298 g/mol. The van der Waals surface area contributed by atoms with Crippen LogP contribution in [0.25, 0.3) is 22.2 Å². The third kappa shape index (κ3) is 2.72. The first kappa shape index (κ1) is 14.4. The van der Waals surface area contributed by atoms with Gasteiger partial charge in [-0.25, -0.2) is 0 Å². The Bertz CT molecular complexity index is 940. The van der Waals surface area contributed by atoms with Crippen molar-refractivity contribution in [3.8, 4) is 28.5 Å². The molecule has 0 radical (unpaired) electrons. The number of hydrogen-bond acceptors (Lipinski definition) is 2. The summed E-state index contributed by atoms with van der Waals surface area (Å²) >= 11 is 0. The molecule has 0 bridgehead atoms. The molecule has 3 aromatic carbocycles. The van der Waals surface area contributed by atoms with Gasteiger partial charge in [0.25, 0.3) is 0 Å². The van der Waals surface area contributed by atoms with E-state index in [1.165, 1.54) is 5.39 Å². The van der Waals surface area contributed by atoms with Gasteiger partial charge in [0.05, 0.1) is 7.11 Å². The van der Waals surface area contributed by atoms with Crippen molar-refractivity contribution in [3.63, 3.8) is 0 Å². The second kappa shape index (κ2) is 6.13. The predicted molar refractivity (Wildman–Crippen MR) is 96.8 cm³/mol. The number of H-pyrrole nitrogens is 1. The lowest BCUT2D eigenvalue weighted by Gasteiger charge is -2.11. The number of rotatable bonds is 4. The van der Waals surface area contributed by atoms with Crippen LogP contribution in [0, 0.1) is 0 Å². The number of methoxy groups -OCH3 is 1. The molecule has 0 aliphatic rings. The molecule has 1 aromatic heterocycles. The first-order chi connectivity index (χ1) is 11.8. The van der Waals surface area contributed by atoms with E-state index >= 15 is 0 Å². The van der Waals surface area contributed by atoms with E-state index < -0.39 is 0 Å². The first-order valence-electron chi connectivity index (χ1n) is 7.82. The molecule has 0 fully saturated rings. The van der Waals surface area contributed by atoms with Crippen LogP contribution in [0.3, 0.4) is 0 Å². The summed E-state index contributed by atoms with van der Waals surface area (Å²) in [6.07, 6.45) is 0. The lowest BCUT2D eigenvalue weighted by molar-refractivity contribution is 0.379. The quantitative estimate of drug-likeness (QED) is 0.529. The Balaban J connectivity index is 1.70. The number of benzene rings is 3. The molecule has 3 heteroatoms. The molecule has 0 amide bonds. The summed E-state index contributed by atoms with van der Waals surface area (Å²) in [7, 11) is 1.65. The molecule has 0 atom stereocenters. The maximum Gasteiger partial charge on any atom is 0.169 e.